The van der Waals surface area contributed by atoms with Crippen LogP contribution in [0.1, 0.15) is 46.8 Å². The van der Waals surface area contributed by atoms with E-state index in [1.54, 1.807) is 11.3 Å². The third-order valence-corrected chi connectivity index (χ3v) is 7.61. The van der Waals surface area contributed by atoms with E-state index in [1.807, 2.05) is 12.4 Å². The van der Waals surface area contributed by atoms with Gasteiger partial charge in [0.2, 0.25) is 0 Å². The summed E-state index contributed by atoms with van der Waals surface area (Å²) in [6.07, 6.45) is 10.5. The van der Waals surface area contributed by atoms with Crippen molar-refractivity contribution in [3.8, 4) is 0 Å². The van der Waals surface area contributed by atoms with Gasteiger partial charge in [0.1, 0.15) is 0 Å². The monoisotopic (exact) mass is 476 g/mol. The van der Waals surface area contributed by atoms with Crippen LogP contribution >= 0.6 is 22.9 Å². The zero-order valence-electron chi connectivity index (χ0n) is 18.4. The summed E-state index contributed by atoms with van der Waals surface area (Å²) in [6, 6.07) is 8.63. The van der Waals surface area contributed by atoms with Gasteiger partial charge in [0, 0.05) is 72.5 Å². The third-order valence-electron chi connectivity index (χ3n) is 6.51. The van der Waals surface area contributed by atoms with Crippen molar-refractivity contribution in [2.24, 2.45) is 4.99 Å². The van der Waals surface area contributed by atoms with Crippen LogP contribution in [0.5, 0.6) is 0 Å². The Labute approximate surface area is 202 Å². The molecule has 0 spiro atoms. The molecule has 168 valence electrons. The molecule has 0 bridgehead atoms. The van der Waals surface area contributed by atoms with Crippen molar-refractivity contribution in [1.82, 2.24) is 24.4 Å². The molecule has 4 aromatic rings. The summed E-state index contributed by atoms with van der Waals surface area (Å²) in [5.41, 5.74) is 6.11. The second-order valence-corrected chi connectivity index (χ2v) is 10.5. The number of hydrogen-bond donors (Lipinski definition) is 0. The molecule has 33 heavy (non-hydrogen) atoms. The van der Waals surface area contributed by atoms with Gasteiger partial charge in [-0.3, -0.25) is 9.89 Å². The molecule has 0 fully saturated rings. The van der Waals surface area contributed by atoms with Crippen LogP contribution in [0.25, 0.3) is 10.9 Å². The summed E-state index contributed by atoms with van der Waals surface area (Å²) < 4.78 is 2.90. The Balaban J connectivity index is 1.22. The molecule has 5 heterocycles. The highest BCUT2D eigenvalue weighted by Gasteiger charge is 2.21. The molecule has 6 rings (SSSR count). The summed E-state index contributed by atoms with van der Waals surface area (Å²) in [5.74, 6) is 0.841. The fraction of sp³-hybridized carbons (Fsp3) is 0.360. The first kappa shape index (κ1) is 21.0. The zero-order chi connectivity index (χ0) is 22.2. The Morgan fingerprint density at radius 3 is 2.82 bits per heavy atom. The number of halogens is 1. The van der Waals surface area contributed by atoms with Crippen LogP contribution in [0.4, 0.5) is 0 Å². The van der Waals surface area contributed by atoms with Crippen LogP contribution in [0.2, 0.25) is 4.47 Å². The molecule has 0 atom stereocenters. The van der Waals surface area contributed by atoms with Gasteiger partial charge in [-0.25, -0.2) is 15.0 Å². The van der Waals surface area contributed by atoms with Crippen LogP contribution in [0, 0.1) is 0 Å². The highest BCUT2D eigenvalue weighted by molar-refractivity contribution is 7.15. The van der Waals surface area contributed by atoms with Crippen molar-refractivity contribution in [3.63, 3.8) is 0 Å². The highest BCUT2D eigenvalue weighted by Crippen LogP contribution is 2.27. The predicted molar refractivity (Wildman–Crippen MR) is 133 cm³/mol. The minimum atomic E-state index is 0.592. The molecule has 8 heteroatoms. The van der Waals surface area contributed by atoms with E-state index in [4.69, 9.17) is 16.6 Å². The summed E-state index contributed by atoms with van der Waals surface area (Å²) in [5, 5.41) is 1.31. The SMILES string of the molecule is Clc1ncc(Cn2cc(CN3CCc4nc(C5=NCCCC5)ncc4C3)c3ccccc32)s1. The number of fused-ring (bicyclic) bond motifs is 2. The van der Waals surface area contributed by atoms with Crippen LogP contribution in [-0.4, -0.2) is 43.2 Å². The molecule has 0 unspecified atom stereocenters. The second-order valence-electron chi connectivity index (χ2n) is 8.79. The van der Waals surface area contributed by atoms with Crippen LogP contribution in [0.15, 0.2) is 47.8 Å². The van der Waals surface area contributed by atoms with E-state index in [0.717, 1.165) is 62.0 Å². The van der Waals surface area contributed by atoms with Gasteiger partial charge in [0.15, 0.2) is 10.3 Å². The van der Waals surface area contributed by atoms with Gasteiger partial charge in [0.25, 0.3) is 0 Å². The van der Waals surface area contributed by atoms with Crippen molar-refractivity contribution in [3.05, 3.63) is 74.8 Å². The Bertz CT molecular complexity index is 1340. The molecule has 0 aliphatic carbocycles. The molecule has 2 aliphatic rings. The Morgan fingerprint density at radius 2 is 1.97 bits per heavy atom. The average molecular weight is 477 g/mol. The number of benzene rings is 1. The van der Waals surface area contributed by atoms with E-state index < -0.39 is 0 Å². The highest BCUT2D eigenvalue weighted by atomic mass is 35.5. The number of para-hydroxylation sites is 1. The van der Waals surface area contributed by atoms with E-state index in [0.29, 0.717) is 4.47 Å². The lowest BCUT2D eigenvalue weighted by Crippen LogP contribution is -2.31. The van der Waals surface area contributed by atoms with Crippen molar-refractivity contribution in [1.29, 1.82) is 0 Å². The Hall–Kier alpha value is -2.61. The van der Waals surface area contributed by atoms with Gasteiger partial charge in [-0.05, 0) is 30.9 Å². The predicted octanol–water partition coefficient (Wildman–Crippen LogP) is 5.12. The number of aliphatic imine (C=N–C) groups is 1. The van der Waals surface area contributed by atoms with E-state index in [2.05, 4.69) is 54.9 Å². The summed E-state index contributed by atoms with van der Waals surface area (Å²) in [4.78, 5) is 22.1. The van der Waals surface area contributed by atoms with Gasteiger partial charge in [-0.1, -0.05) is 29.8 Å². The van der Waals surface area contributed by atoms with Crippen molar-refractivity contribution in [2.75, 3.05) is 13.1 Å². The lowest BCUT2D eigenvalue weighted by Gasteiger charge is -2.28. The molecule has 0 N–H and O–H groups in total. The lowest BCUT2D eigenvalue weighted by atomic mass is 10.0. The smallest absolute Gasteiger partial charge is 0.183 e. The molecule has 3 aromatic heterocycles. The Morgan fingerprint density at radius 1 is 1.03 bits per heavy atom. The van der Waals surface area contributed by atoms with Gasteiger partial charge >= 0.3 is 0 Å². The normalized spacial score (nSPS) is 16.7. The van der Waals surface area contributed by atoms with E-state index in [1.165, 1.54) is 40.6 Å². The van der Waals surface area contributed by atoms with Crippen LogP contribution in [-0.2, 0) is 26.1 Å². The first-order chi connectivity index (χ1) is 16.2. The molecule has 0 radical (unpaired) electrons. The largest absolute Gasteiger partial charge is 0.342 e. The molecule has 0 amide bonds. The summed E-state index contributed by atoms with van der Waals surface area (Å²) in [7, 11) is 0. The number of rotatable bonds is 5. The van der Waals surface area contributed by atoms with Crippen molar-refractivity contribution < 1.29 is 0 Å². The van der Waals surface area contributed by atoms with E-state index in [9.17, 15) is 0 Å². The van der Waals surface area contributed by atoms with Crippen molar-refractivity contribution in [2.45, 2.75) is 45.3 Å². The van der Waals surface area contributed by atoms with E-state index in [-0.39, 0.29) is 0 Å². The number of hydrogen-bond acceptors (Lipinski definition) is 6. The number of thiazole rings is 1. The van der Waals surface area contributed by atoms with Crippen LogP contribution < -0.4 is 0 Å². The average Bonchev–Trinajstić information content (AvgIpc) is 3.42. The molecular formula is C25H25ClN6S. The van der Waals surface area contributed by atoms with Crippen LogP contribution in [0.3, 0.4) is 0 Å². The van der Waals surface area contributed by atoms with Gasteiger partial charge < -0.3 is 4.57 Å². The van der Waals surface area contributed by atoms with Gasteiger partial charge in [-0.2, -0.15) is 0 Å². The summed E-state index contributed by atoms with van der Waals surface area (Å²) >= 11 is 7.59. The minimum Gasteiger partial charge on any atom is -0.342 e. The molecule has 0 saturated heterocycles. The van der Waals surface area contributed by atoms with Gasteiger partial charge in [0.05, 0.1) is 18.0 Å². The standard InChI is InChI=1S/C25H25ClN6S/c26-25-29-12-19(33-25)16-32-15-18(20-5-1-2-7-23(20)32)14-31-10-8-21-17(13-31)11-28-24(30-21)22-6-3-4-9-27-22/h1-2,5,7,11-12,15H,3-4,6,8-10,13-14,16H2. The topological polar surface area (TPSA) is 59.2 Å². The maximum absolute atomic E-state index is 6.05. The molecule has 6 nitrogen and oxygen atoms in total. The maximum atomic E-state index is 6.05. The van der Waals surface area contributed by atoms with E-state index >= 15 is 0 Å². The van der Waals surface area contributed by atoms with Crippen molar-refractivity contribution >= 4 is 39.6 Å². The molecule has 1 aromatic carbocycles. The summed E-state index contributed by atoms with van der Waals surface area (Å²) in [6.45, 7) is 4.48. The molecular weight excluding hydrogens is 452 g/mol. The quantitative estimate of drug-likeness (QED) is 0.401. The number of aromatic nitrogens is 4. The molecule has 0 saturated carbocycles. The fourth-order valence-corrected chi connectivity index (χ4v) is 5.85. The lowest BCUT2D eigenvalue weighted by molar-refractivity contribution is 0.243. The minimum absolute atomic E-state index is 0.592. The Kier molecular flexibility index (Phi) is 5.70. The fourth-order valence-electron chi connectivity index (χ4n) is 4.87. The number of nitrogens with zero attached hydrogens (tertiary/aromatic N) is 6. The maximum Gasteiger partial charge on any atom is 0.183 e. The third kappa shape index (κ3) is 4.33. The first-order valence-electron chi connectivity index (χ1n) is 11.5. The van der Waals surface area contributed by atoms with Gasteiger partial charge in [-0.15, -0.1) is 11.3 Å². The second kappa shape index (κ2) is 8.97. The first-order valence-corrected chi connectivity index (χ1v) is 12.7. The molecule has 2 aliphatic heterocycles. The zero-order valence-corrected chi connectivity index (χ0v) is 19.9.